The van der Waals surface area contributed by atoms with Crippen molar-refractivity contribution in [3.63, 3.8) is 0 Å². The molecular formula is C12H21NO4S. The zero-order chi connectivity index (χ0) is 13.2. The van der Waals surface area contributed by atoms with Gasteiger partial charge in [-0.05, 0) is 25.8 Å². The maximum atomic E-state index is 11.5. The number of aliphatic carboxylic acids is 1. The van der Waals surface area contributed by atoms with Crippen molar-refractivity contribution in [1.82, 2.24) is 4.90 Å². The van der Waals surface area contributed by atoms with E-state index in [1.54, 1.807) is 0 Å². The zero-order valence-corrected chi connectivity index (χ0v) is 11.4. The van der Waals surface area contributed by atoms with Gasteiger partial charge in [0.15, 0.2) is 9.84 Å². The lowest BCUT2D eigenvalue weighted by molar-refractivity contribution is -0.149. The van der Waals surface area contributed by atoms with Gasteiger partial charge in [-0.1, -0.05) is 12.8 Å². The van der Waals surface area contributed by atoms with Crippen LogP contribution in [-0.4, -0.2) is 55.5 Å². The van der Waals surface area contributed by atoms with Crippen LogP contribution in [0.3, 0.4) is 0 Å². The van der Waals surface area contributed by atoms with E-state index in [0.29, 0.717) is 26.1 Å². The molecule has 1 saturated heterocycles. The average molecular weight is 275 g/mol. The first-order valence-corrected chi connectivity index (χ1v) is 8.42. The standard InChI is InChI=1S/C12H21NO4S/c14-11(15)12(4-1-2-5-12)10-13-6-3-8-18(16,17)9-7-13/h1-10H2,(H,14,15). The van der Waals surface area contributed by atoms with Gasteiger partial charge in [-0.3, -0.25) is 4.79 Å². The highest BCUT2D eigenvalue weighted by molar-refractivity contribution is 7.91. The normalized spacial score (nSPS) is 27.8. The van der Waals surface area contributed by atoms with E-state index in [9.17, 15) is 18.3 Å². The van der Waals surface area contributed by atoms with Crippen molar-refractivity contribution >= 4 is 15.8 Å². The molecule has 1 saturated carbocycles. The van der Waals surface area contributed by atoms with Crippen LogP contribution in [-0.2, 0) is 14.6 Å². The minimum absolute atomic E-state index is 0.169. The molecule has 1 heterocycles. The lowest BCUT2D eigenvalue weighted by atomic mass is 9.85. The van der Waals surface area contributed by atoms with Gasteiger partial charge in [0.25, 0.3) is 0 Å². The summed E-state index contributed by atoms with van der Waals surface area (Å²) in [6.07, 6.45) is 4.02. The molecule has 0 spiro atoms. The van der Waals surface area contributed by atoms with E-state index in [-0.39, 0.29) is 11.5 Å². The number of carboxylic acids is 1. The lowest BCUT2D eigenvalue weighted by Gasteiger charge is -2.31. The second-order valence-corrected chi connectivity index (χ2v) is 7.88. The summed E-state index contributed by atoms with van der Waals surface area (Å²) < 4.78 is 23.0. The summed E-state index contributed by atoms with van der Waals surface area (Å²) in [6.45, 7) is 1.70. The monoisotopic (exact) mass is 275 g/mol. The van der Waals surface area contributed by atoms with Crippen molar-refractivity contribution in [2.45, 2.75) is 32.1 Å². The highest BCUT2D eigenvalue weighted by Gasteiger charge is 2.42. The molecule has 1 aliphatic carbocycles. The molecule has 2 aliphatic rings. The number of carbonyl (C=O) groups is 1. The van der Waals surface area contributed by atoms with Crippen molar-refractivity contribution in [3.05, 3.63) is 0 Å². The fourth-order valence-electron chi connectivity index (χ4n) is 3.07. The molecule has 0 aromatic carbocycles. The molecule has 18 heavy (non-hydrogen) atoms. The number of carboxylic acid groups (broad SMARTS) is 1. The highest BCUT2D eigenvalue weighted by Crippen LogP contribution is 2.39. The Hall–Kier alpha value is -0.620. The molecule has 2 rings (SSSR count). The quantitative estimate of drug-likeness (QED) is 0.822. The first-order chi connectivity index (χ1) is 8.44. The Bertz CT molecular complexity index is 412. The van der Waals surface area contributed by atoms with Crippen LogP contribution in [0, 0.1) is 5.41 Å². The van der Waals surface area contributed by atoms with Gasteiger partial charge in [0, 0.05) is 13.1 Å². The summed E-state index contributed by atoms with van der Waals surface area (Å²) >= 11 is 0. The van der Waals surface area contributed by atoms with Gasteiger partial charge < -0.3 is 10.0 Å². The first kappa shape index (κ1) is 13.8. The second kappa shape index (κ2) is 5.17. The maximum absolute atomic E-state index is 11.5. The fraction of sp³-hybridized carbons (Fsp3) is 0.917. The van der Waals surface area contributed by atoms with E-state index in [2.05, 4.69) is 0 Å². The molecule has 0 radical (unpaired) electrons. The number of rotatable bonds is 3. The van der Waals surface area contributed by atoms with E-state index in [0.717, 1.165) is 25.7 Å². The second-order valence-electron chi connectivity index (χ2n) is 5.57. The van der Waals surface area contributed by atoms with Crippen LogP contribution >= 0.6 is 0 Å². The Balaban J connectivity index is 2.02. The minimum atomic E-state index is -2.91. The van der Waals surface area contributed by atoms with E-state index in [1.807, 2.05) is 4.90 Å². The zero-order valence-electron chi connectivity index (χ0n) is 10.6. The Morgan fingerprint density at radius 1 is 1.11 bits per heavy atom. The van der Waals surface area contributed by atoms with Crippen LogP contribution in [0.1, 0.15) is 32.1 Å². The third-order valence-electron chi connectivity index (χ3n) is 4.19. The third-order valence-corrected chi connectivity index (χ3v) is 5.90. The van der Waals surface area contributed by atoms with Crippen molar-refractivity contribution < 1.29 is 18.3 Å². The molecule has 2 fully saturated rings. The first-order valence-electron chi connectivity index (χ1n) is 6.60. The molecule has 6 heteroatoms. The molecule has 0 atom stereocenters. The molecule has 0 aromatic heterocycles. The van der Waals surface area contributed by atoms with Gasteiger partial charge >= 0.3 is 5.97 Å². The van der Waals surface area contributed by atoms with E-state index >= 15 is 0 Å². The molecule has 0 bridgehead atoms. The van der Waals surface area contributed by atoms with Crippen molar-refractivity contribution in [2.75, 3.05) is 31.1 Å². The largest absolute Gasteiger partial charge is 0.481 e. The number of hydrogen-bond acceptors (Lipinski definition) is 4. The van der Waals surface area contributed by atoms with Crippen molar-refractivity contribution in [1.29, 1.82) is 0 Å². The molecule has 1 aliphatic heterocycles. The molecule has 0 aromatic rings. The van der Waals surface area contributed by atoms with Crippen LogP contribution < -0.4 is 0 Å². The molecule has 5 nitrogen and oxygen atoms in total. The maximum Gasteiger partial charge on any atom is 0.310 e. The van der Waals surface area contributed by atoms with Gasteiger partial charge in [-0.25, -0.2) is 8.42 Å². The predicted octanol–water partition coefficient (Wildman–Crippen LogP) is 0.752. The number of sulfone groups is 1. The topological polar surface area (TPSA) is 74.7 Å². The average Bonchev–Trinajstić information content (AvgIpc) is 2.69. The number of hydrogen-bond donors (Lipinski definition) is 1. The van der Waals surface area contributed by atoms with Crippen molar-refractivity contribution in [2.24, 2.45) is 5.41 Å². The Morgan fingerprint density at radius 2 is 1.78 bits per heavy atom. The van der Waals surface area contributed by atoms with Gasteiger partial charge in [-0.2, -0.15) is 0 Å². The smallest absolute Gasteiger partial charge is 0.310 e. The van der Waals surface area contributed by atoms with Gasteiger partial charge in [0.05, 0.1) is 16.9 Å². The van der Waals surface area contributed by atoms with Gasteiger partial charge in [0.2, 0.25) is 0 Å². The third kappa shape index (κ3) is 3.03. The van der Waals surface area contributed by atoms with Crippen LogP contribution in [0.15, 0.2) is 0 Å². The Labute approximate surface area is 108 Å². The highest BCUT2D eigenvalue weighted by atomic mass is 32.2. The number of nitrogens with zero attached hydrogens (tertiary/aromatic N) is 1. The SMILES string of the molecule is O=C(O)C1(CN2CCCS(=O)(=O)CC2)CCCC1. The Kier molecular flexibility index (Phi) is 3.96. The molecule has 0 unspecified atom stereocenters. The van der Waals surface area contributed by atoms with E-state index < -0.39 is 21.2 Å². The summed E-state index contributed by atoms with van der Waals surface area (Å²) in [7, 11) is -2.91. The summed E-state index contributed by atoms with van der Waals surface area (Å²) in [5.41, 5.74) is -0.631. The molecule has 0 amide bonds. The summed E-state index contributed by atoms with van der Waals surface area (Å²) in [4.78, 5) is 13.5. The summed E-state index contributed by atoms with van der Waals surface area (Å²) in [5, 5.41) is 9.42. The van der Waals surface area contributed by atoms with Crippen LogP contribution in [0.25, 0.3) is 0 Å². The van der Waals surface area contributed by atoms with Crippen LogP contribution in [0.2, 0.25) is 0 Å². The molecular weight excluding hydrogens is 254 g/mol. The predicted molar refractivity (Wildman–Crippen MR) is 68.2 cm³/mol. The van der Waals surface area contributed by atoms with E-state index in [1.165, 1.54) is 0 Å². The van der Waals surface area contributed by atoms with E-state index in [4.69, 9.17) is 0 Å². The van der Waals surface area contributed by atoms with Gasteiger partial charge in [-0.15, -0.1) is 0 Å². The summed E-state index contributed by atoms with van der Waals surface area (Å²) in [6, 6.07) is 0. The summed E-state index contributed by atoms with van der Waals surface area (Å²) in [5.74, 6) is -0.307. The molecule has 104 valence electrons. The van der Waals surface area contributed by atoms with Crippen LogP contribution in [0.5, 0.6) is 0 Å². The Morgan fingerprint density at radius 3 is 2.39 bits per heavy atom. The van der Waals surface area contributed by atoms with Gasteiger partial charge in [0.1, 0.15) is 0 Å². The lowest BCUT2D eigenvalue weighted by Crippen LogP contribution is -2.42. The fourth-order valence-corrected chi connectivity index (χ4v) is 4.38. The van der Waals surface area contributed by atoms with Crippen molar-refractivity contribution in [3.8, 4) is 0 Å². The minimum Gasteiger partial charge on any atom is -0.481 e. The van der Waals surface area contributed by atoms with Crippen LogP contribution in [0.4, 0.5) is 0 Å². The molecule has 1 N–H and O–H groups in total.